The van der Waals surface area contributed by atoms with Crippen LogP contribution in [0.25, 0.3) is 0 Å². The molecule has 0 radical (unpaired) electrons. The van der Waals surface area contributed by atoms with Crippen molar-refractivity contribution in [3.8, 4) is 11.5 Å². The molecule has 6 heterocycles. The van der Waals surface area contributed by atoms with Crippen molar-refractivity contribution < 1.29 is 53.2 Å². The molecule has 58 heavy (non-hydrogen) atoms. The highest BCUT2D eigenvalue weighted by Gasteiger charge is 2.53. The van der Waals surface area contributed by atoms with Crippen LogP contribution in [-0.2, 0) is 41.5 Å². The Bertz CT molecular complexity index is 1670. The number of aliphatic carboxylic acids is 2. The van der Waals surface area contributed by atoms with Gasteiger partial charge in [-0.2, -0.15) is 0 Å². The molecule has 4 unspecified atom stereocenters. The smallest absolute Gasteiger partial charge is 0.310 e. The number of hydrogen-bond acceptors (Lipinski definition) is 10. The van der Waals surface area contributed by atoms with Crippen LogP contribution in [0, 0.1) is 23.7 Å². The van der Waals surface area contributed by atoms with Gasteiger partial charge in [0.1, 0.15) is 17.4 Å². The molecule has 0 aromatic heterocycles. The molecule has 8 atom stereocenters. The van der Waals surface area contributed by atoms with E-state index >= 15 is 0 Å². The van der Waals surface area contributed by atoms with Crippen LogP contribution in [0.1, 0.15) is 36.8 Å². The fraction of sp³-hybridized carbons (Fsp3) is 0.545. The van der Waals surface area contributed by atoms with E-state index in [0.29, 0.717) is 0 Å². The van der Waals surface area contributed by atoms with Gasteiger partial charge in [-0.3, -0.25) is 14.4 Å². The van der Waals surface area contributed by atoms with Crippen LogP contribution in [0.15, 0.2) is 72.8 Å². The van der Waals surface area contributed by atoms with Crippen LogP contribution in [0.4, 0.5) is 0 Å². The van der Waals surface area contributed by atoms with Crippen molar-refractivity contribution in [3.63, 3.8) is 0 Å². The molecule has 4 fully saturated rings. The van der Waals surface area contributed by atoms with Gasteiger partial charge in [-0.1, -0.05) is 48.6 Å². The summed E-state index contributed by atoms with van der Waals surface area (Å²) >= 11 is 0. The fourth-order valence-corrected chi connectivity index (χ4v) is 9.33. The third-order valence-electron chi connectivity index (χ3n) is 12.7. The Hall–Kier alpha value is -4.76. The summed E-state index contributed by atoms with van der Waals surface area (Å²) in [4.78, 5) is 52.4. The predicted octanol–water partition coefficient (Wildman–Crippen LogP) is 0.193. The first-order valence-corrected chi connectivity index (χ1v) is 20.6. The second-order valence-corrected chi connectivity index (χ2v) is 16.3. The zero-order valence-electron chi connectivity index (χ0n) is 33.3. The number of methoxy groups -OCH3 is 2. The van der Waals surface area contributed by atoms with Crippen LogP contribution < -0.4 is 30.1 Å². The largest absolute Gasteiger partial charge is 0.550 e. The minimum atomic E-state index is -1.21. The summed E-state index contributed by atoms with van der Waals surface area (Å²) < 4.78 is 21.6. The lowest BCUT2D eigenvalue weighted by atomic mass is 9.82. The second kappa shape index (κ2) is 18.9. The molecule has 0 saturated carbocycles. The summed E-state index contributed by atoms with van der Waals surface area (Å²) in [5, 5.41) is 27.1. The topological polar surface area (TPSA) is 180 Å². The standard InChI is InChI=1S/2C22H28N2O5/c2*1-28-16-4-2-14(3-5-16)8-11-24-12-9-15(10-13-24)23-21(25)19-17-6-7-18(29-17)20(19)22(26)27/h2*2-7,15,17-20H,8-13H2,1H3,(H,23,25)(H,26,27)/t2*17-,18+,19?,20?/m00/s1. The van der Waals surface area contributed by atoms with Crippen molar-refractivity contribution in [2.75, 3.05) is 53.5 Å². The number of hydrogen-bond donors (Lipinski definition) is 4. The zero-order chi connectivity index (χ0) is 40.8. The molecule has 0 aliphatic carbocycles. The number of amides is 2. The number of carbonyl (C=O) groups excluding carboxylic acids is 3. The lowest BCUT2D eigenvalue weighted by molar-refractivity contribution is -0.905. The van der Waals surface area contributed by atoms with Crippen molar-refractivity contribution in [2.45, 2.75) is 75.0 Å². The van der Waals surface area contributed by atoms with Crippen molar-refractivity contribution in [3.05, 3.63) is 84.0 Å². The zero-order valence-corrected chi connectivity index (χ0v) is 33.3. The molecule has 4 N–H and O–H groups in total. The highest BCUT2D eigenvalue weighted by Crippen LogP contribution is 2.40. The molecule has 2 aromatic carbocycles. The van der Waals surface area contributed by atoms with E-state index in [1.165, 1.54) is 16.0 Å². The molecule has 2 amide bonds. The van der Waals surface area contributed by atoms with Gasteiger partial charge in [0.05, 0.1) is 70.1 Å². The van der Waals surface area contributed by atoms with Crippen molar-refractivity contribution in [1.82, 2.24) is 15.5 Å². The molecule has 6 aliphatic rings. The first kappa shape index (κ1) is 41.4. The van der Waals surface area contributed by atoms with Crippen LogP contribution in [0.2, 0.25) is 0 Å². The summed E-state index contributed by atoms with van der Waals surface area (Å²) in [6, 6.07) is 16.5. The molecule has 14 heteroatoms. The molecule has 6 aliphatic heterocycles. The minimum absolute atomic E-state index is 0.0947. The molecule has 4 bridgehead atoms. The van der Waals surface area contributed by atoms with Gasteiger partial charge in [-0.05, 0) is 54.7 Å². The number of likely N-dealkylation sites (tertiary alicyclic amines) is 2. The van der Waals surface area contributed by atoms with E-state index in [4.69, 9.17) is 18.9 Å². The number of fused-ring (bicyclic) bond motifs is 4. The first-order chi connectivity index (χ1) is 28.1. The maximum Gasteiger partial charge on any atom is 0.310 e. The molecule has 2 aromatic rings. The maximum atomic E-state index is 12.8. The van der Waals surface area contributed by atoms with Gasteiger partial charge in [0.2, 0.25) is 11.8 Å². The molecular weight excluding hydrogens is 745 g/mol. The van der Waals surface area contributed by atoms with Gasteiger partial charge in [-0.25, -0.2) is 0 Å². The Morgan fingerprint density at radius 1 is 0.690 bits per heavy atom. The molecule has 8 rings (SSSR count). The van der Waals surface area contributed by atoms with Gasteiger partial charge in [0, 0.05) is 62.9 Å². The summed E-state index contributed by atoms with van der Waals surface area (Å²) in [5.41, 5.74) is 2.58. The van der Waals surface area contributed by atoms with Gasteiger partial charge < -0.3 is 54.4 Å². The summed E-state index contributed by atoms with van der Waals surface area (Å²) in [7, 11) is 3.34. The SMILES string of the molecule is COc1ccc(CCN2CCC(NC(=O)C3C(C(=O)O)[C@H]4C=C[C@@H]3O4)CC2)cc1.COc1ccc(CC[NH+]2CCC(NC(=O)C3C(C(=O)[O-])[C@H]4C=C[C@@H]3O4)CC2)cc1. The van der Waals surface area contributed by atoms with E-state index in [9.17, 15) is 29.4 Å². The fourth-order valence-electron chi connectivity index (χ4n) is 9.33. The van der Waals surface area contributed by atoms with Gasteiger partial charge in [0.25, 0.3) is 0 Å². The number of ether oxygens (including phenoxy) is 4. The highest BCUT2D eigenvalue weighted by molar-refractivity contribution is 5.88. The quantitative estimate of drug-likeness (QED) is 0.192. The number of piperidine rings is 2. The summed E-state index contributed by atoms with van der Waals surface area (Å²) in [5.74, 6) is -3.83. The van der Waals surface area contributed by atoms with Crippen molar-refractivity contribution >= 4 is 23.8 Å². The number of carboxylic acids is 2. The van der Waals surface area contributed by atoms with Crippen molar-refractivity contribution in [1.29, 1.82) is 0 Å². The van der Waals surface area contributed by atoms with E-state index in [1.54, 1.807) is 32.4 Å². The van der Waals surface area contributed by atoms with Crippen LogP contribution >= 0.6 is 0 Å². The first-order valence-electron chi connectivity index (χ1n) is 20.6. The van der Waals surface area contributed by atoms with Crippen LogP contribution in [0.3, 0.4) is 0 Å². The normalized spacial score (nSPS) is 31.0. The Morgan fingerprint density at radius 3 is 1.62 bits per heavy atom. The lowest BCUT2D eigenvalue weighted by Gasteiger charge is -2.33. The van der Waals surface area contributed by atoms with Gasteiger partial charge >= 0.3 is 5.97 Å². The van der Waals surface area contributed by atoms with E-state index in [2.05, 4.69) is 39.8 Å². The Kier molecular flexibility index (Phi) is 13.5. The molecule has 14 nitrogen and oxygen atoms in total. The molecule has 312 valence electrons. The molecule has 4 saturated heterocycles. The molecule has 0 spiro atoms. The van der Waals surface area contributed by atoms with Crippen molar-refractivity contribution in [2.24, 2.45) is 23.7 Å². The number of nitrogens with one attached hydrogen (secondary N) is 3. The average Bonchev–Trinajstić information content (AvgIpc) is 4.06. The molecular formula is C44H56N4O10. The average molecular weight is 801 g/mol. The number of benzene rings is 2. The lowest BCUT2D eigenvalue weighted by Crippen LogP contribution is -3.13. The Morgan fingerprint density at radius 2 is 1.14 bits per heavy atom. The number of nitrogens with zero attached hydrogens (tertiary/aromatic N) is 1. The third-order valence-corrected chi connectivity index (χ3v) is 12.7. The van der Waals surface area contributed by atoms with E-state index in [1.807, 2.05) is 30.3 Å². The third kappa shape index (κ3) is 9.74. The number of carboxylic acid groups (broad SMARTS) is 2. The van der Waals surface area contributed by atoms with E-state index in [-0.39, 0.29) is 23.9 Å². The predicted molar refractivity (Wildman–Crippen MR) is 210 cm³/mol. The van der Waals surface area contributed by atoms with Gasteiger partial charge in [-0.15, -0.1) is 0 Å². The number of quaternary nitrogens is 1. The second-order valence-electron chi connectivity index (χ2n) is 16.3. The maximum absolute atomic E-state index is 12.8. The number of carbonyl (C=O) groups is 4. The van der Waals surface area contributed by atoms with Crippen LogP contribution in [-0.4, -0.2) is 124 Å². The Labute approximate surface area is 339 Å². The monoisotopic (exact) mass is 800 g/mol. The highest BCUT2D eigenvalue weighted by atomic mass is 16.5. The van der Waals surface area contributed by atoms with E-state index in [0.717, 1.165) is 89.3 Å². The summed E-state index contributed by atoms with van der Waals surface area (Å²) in [6.45, 7) is 5.90. The Balaban J connectivity index is 0.000000177. The number of rotatable bonds is 14. The summed E-state index contributed by atoms with van der Waals surface area (Å²) in [6.07, 6.45) is 10.8. The van der Waals surface area contributed by atoms with E-state index < -0.39 is 60.0 Å². The van der Waals surface area contributed by atoms with Gasteiger partial charge in [0.15, 0.2) is 0 Å². The minimum Gasteiger partial charge on any atom is -0.550 e. The van der Waals surface area contributed by atoms with Crippen LogP contribution in [0.5, 0.6) is 11.5 Å².